The maximum Gasteiger partial charge on any atom is 0.136 e. The summed E-state index contributed by atoms with van der Waals surface area (Å²) in [5, 5.41) is 3.14. The first-order valence-electron chi connectivity index (χ1n) is 4.62. The number of aldehydes is 1. The van der Waals surface area contributed by atoms with E-state index in [2.05, 4.69) is 18.0 Å². The Morgan fingerprint density at radius 2 is 1.83 bits per heavy atom. The predicted octanol–water partition coefficient (Wildman–Crippen LogP) is 0.927. The molecule has 3 N–H and O–H groups in total. The molecule has 3 heteroatoms. The minimum absolute atomic E-state index is 0.144. The van der Waals surface area contributed by atoms with Gasteiger partial charge in [0.05, 0.1) is 6.04 Å². The molecule has 0 bridgehead atoms. The second-order valence-electron chi connectivity index (χ2n) is 2.39. The lowest BCUT2D eigenvalue weighted by Gasteiger charge is -2.00. The van der Waals surface area contributed by atoms with E-state index in [-0.39, 0.29) is 6.04 Å². The van der Waals surface area contributed by atoms with E-state index in [9.17, 15) is 4.79 Å². The van der Waals surface area contributed by atoms with E-state index >= 15 is 0 Å². The van der Waals surface area contributed by atoms with Gasteiger partial charge >= 0.3 is 0 Å². The summed E-state index contributed by atoms with van der Waals surface area (Å²) in [7, 11) is 1.50. The first kappa shape index (κ1) is 14.1. The lowest BCUT2D eigenvalue weighted by atomic mass is 10.2. The van der Waals surface area contributed by atoms with Crippen LogP contribution in [-0.2, 0) is 4.79 Å². The fraction of sp³-hybridized carbons (Fsp3) is 0.889. The minimum atomic E-state index is 0.144. The molecule has 12 heavy (non-hydrogen) atoms. The molecule has 74 valence electrons. The number of hydrogen-bond donors (Lipinski definition) is 2. The third-order valence-corrected chi connectivity index (χ3v) is 1.57. The summed E-state index contributed by atoms with van der Waals surface area (Å²) in [4.78, 5) is 10.1. The lowest BCUT2D eigenvalue weighted by Crippen LogP contribution is -2.27. The van der Waals surface area contributed by atoms with Gasteiger partial charge in [0.25, 0.3) is 0 Å². The van der Waals surface area contributed by atoms with Gasteiger partial charge in [-0.1, -0.05) is 13.8 Å². The third-order valence-electron chi connectivity index (χ3n) is 1.57. The van der Waals surface area contributed by atoms with E-state index in [1.807, 2.05) is 13.8 Å². The summed E-state index contributed by atoms with van der Waals surface area (Å²) in [6.45, 7) is 6.10. The molecule has 0 aliphatic carbocycles. The van der Waals surface area contributed by atoms with Crippen LogP contribution in [-0.4, -0.2) is 25.4 Å². The molecular weight excluding hydrogens is 152 g/mol. The minimum Gasteiger partial charge on any atom is -0.333 e. The summed E-state index contributed by atoms with van der Waals surface area (Å²) in [6.07, 6.45) is 3.15. The van der Waals surface area contributed by atoms with Crippen LogP contribution in [0.1, 0.15) is 33.6 Å². The summed E-state index contributed by atoms with van der Waals surface area (Å²) in [5.41, 5.74) is 4.50. The predicted molar refractivity (Wildman–Crippen MR) is 53.1 cm³/mol. The zero-order valence-electron chi connectivity index (χ0n) is 8.63. The van der Waals surface area contributed by atoms with Crippen molar-refractivity contribution in [1.82, 2.24) is 5.32 Å². The van der Waals surface area contributed by atoms with Crippen molar-refractivity contribution in [2.45, 2.75) is 45.7 Å². The van der Waals surface area contributed by atoms with Crippen molar-refractivity contribution in [3.05, 3.63) is 0 Å². The van der Waals surface area contributed by atoms with E-state index in [0.717, 1.165) is 19.1 Å². The second kappa shape index (κ2) is 10.6. The number of hydrogen-bond acceptors (Lipinski definition) is 3. The number of nitrogens with two attached hydrogens (primary N) is 1. The normalized spacial score (nSPS) is 26.1. The Balaban J connectivity index is 0. The van der Waals surface area contributed by atoms with E-state index in [1.54, 1.807) is 0 Å². The molecular formula is C9H22N2O. The van der Waals surface area contributed by atoms with Gasteiger partial charge in [0, 0.05) is 6.04 Å². The topological polar surface area (TPSA) is 55.1 Å². The quantitative estimate of drug-likeness (QED) is 0.581. The van der Waals surface area contributed by atoms with Crippen molar-refractivity contribution < 1.29 is 4.79 Å². The molecule has 1 aliphatic heterocycles. The highest BCUT2D eigenvalue weighted by Crippen LogP contribution is 2.08. The Morgan fingerprint density at radius 3 is 2.00 bits per heavy atom. The molecule has 3 nitrogen and oxygen atoms in total. The van der Waals surface area contributed by atoms with Crippen molar-refractivity contribution in [2.24, 2.45) is 5.73 Å². The highest BCUT2D eigenvalue weighted by molar-refractivity contribution is 5.58. The molecule has 1 aliphatic rings. The number of rotatable bonds is 1. The Kier molecular flexibility index (Phi) is 12.5. The average molecular weight is 174 g/mol. The summed E-state index contributed by atoms with van der Waals surface area (Å²) in [6, 6.07) is 0.690. The van der Waals surface area contributed by atoms with Crippen LogP contribution < -0.4 is 11.1 Å². The molecule has 1 rings (SSSR count). The van der Waals surface area contributed by atoms with Crippen molar-refractivity contribution >= 4 is 6.29 Å². The zero-order chi connectivity index (χ0) is 9.98. The van der Waals surface area contributed by atoms with Crippen LogP contribution in [0.2, 0.25) is 0 Å². The number of carbonyl (C=O) groups excluding carboxylic acids is 1. The van der Waals surface area contributed by atoms with Crippen LogP contribution in [0, 0.1) is 0 Å². The number of carbonyl (C=O) groups is 1. The van der Waals surface area contributed by atoms with Crippen molar-refractivity contribution in [2.75, 3.05) is 7.05 Å². The molecule has 0 radical (unpaired) electrons. The second-order valence-corrected chi connectivity index (χ2v) is 2.39. The average Bonchev–Trinajstić information content (AvgIpc) is 2.58. The van der Waals surface area contributed by atoms with E-state index in [0.29, 0.717) is 6.04 Å². The highest BCUT2D eigenvalue weighted by atomic mass is 16.1. The molecule has 1 saturated heterocycles. The Labute approximate surface area is 75.7 Å². The lowest BCUT2D eigenvalue weighted by molar-refractivity contribution is -0.109. The first-order valence-corrected chi connectivity index (χ1v) is 4.62. The fourth-order valence-corrected chi connectivity index (χ4v) is 1.07. The molecule has 0 aromatic carbocycles. The Bertz CT molecular complexity index is 96.5. The van der Waals surface area contributed by atoms with Gasteiger partial charge in [-0.25, -0.2) is 0 Å². The van der Waals surface area contributed by atoms with Gasteiger partial charge in [0.2, 0.25) is 0 Å². The molecule has 0 aromatic rings. The number of nitrogens with one attached hydrogen (secondary N) is 1. The molecule has 1 fully saturated rings. The van der Waals surface area contributed by atoms with Crippen LogP contribution >= 0.6 is 0 Å². The van der Waals surface area contributed by atoms with Gasteiger partial charge in [0.1, 0.15) is 6.29 Å². The van der Waals surface area contributed by atoms with Gasteiger partial charge in [-0.3, -0.25) is 0 Å². The van der Waals surface area contributed by atoms with E-state index < -0.39 is 0 Å². The zero-order valence-corrected chi connectivity index (χ0v) is 8.63. The molecule has 2 unspecified atom stereocenters. The van der Waals surface area contributed by atoms with E-state index in [1.165, 1.54) is 7.05 Å². The smallest absolute Gasteiger partial charge is 0.136 e. The first-order chi connectivity index (χ1) is 5.83. The van der Waals surface area contributed by atoms with Crippen LogP contribution in [0.15, 0.2) is 0 Å². The standard InChI is InChI=1S/C6H11NO.C2H6.CH5N/c1-5-2-3-6(4-8)7-5;2*1-2/h4-7H,2-3H2,1H3;1-2H3;2H2,1H3. The summed E-state index contributed by atoms with van der Waals surface area (Å²) >= 11 is 0. The molecule has 0 spiro atoms. The van der Waals surface area contributed by atoms with Crippen molar-refractivity contribution in [1.29, 1.82) is 0 Å². The van der Waals surface area contributed by atoms with Crippen LogP contribution in [0.3, 0.4) is 0 Å². The maximum absolute atomic E-state index is 10.1. The van der Waals surface area contributed by atoms with Gasteiger partial charge in [-0.15, -0.1) is 0 Å². The fourth-order valence-electron chi connectivity index (χ4n) is 1.07. The van der Waals surface area contributed by atoms with E-state index in [4.69, 9.17) is 0 Å². The van der Waals surface area contributed by atoms with Crippen molar-refractivity contribution in [3.8, 4) is 0 Å². The van der Waals surface area contributed by atoms with Gasteiger partial charge in [-0.05, 0) is 26.8 Å². The van der Waals surface area contributed by atoms with Gasteiger partial charge in [0.15, 0.2) is 0 Å². The molecule has 0 aromatic heterocycles. The largest absolute Gasteiger partial charge is 0.333 e. The highest BCUT2D eigenvalue weighted by Gasteiger charge is 2.18. The maximum atomic E-state index is 10.1. The van der Waals surface area contributed by atoms with Crippen LogP contribution in [0.4, 0.5) is 0 Å². The van der Waals surface area contributed by atoms with Crippen LogP contribution in [0.25, 0.3) is 0 Å². The monoisotopic (exact) mass is 174 g/mol. The van der Waals surface area contributed by atoms with Crippen LogP contribution in [0.5, 0.6) is 0 Å². The molecule has 1 heterocycles. The van der Waals surface area contributed by atoms with Gasteiger partial charge < -0.3 is 15.8 Å². The Hall–Kier alpha value is -0.410. The molecule has 0 saturated carbocycles. The van der Waals surface area contributed by atoms with Crippen molar-refractivity contribution in [3.63, 3.8) is 0 Å². The Morgan fingerprint density at radius 1 is 1.33 bits per heavy atom. The molecule has 2 atom stereocenters. The van der Waals surface area contributed by atoms with Gasteiger partial charge in [-0.2, -0.15) is 0 Å². The summed E-state index contributed by atoms with van der Waals surface area (Å²) < 4.78 is 0. The molecule has 0 amide bonds. The SMILES string of the molecule is CC.CC1CCC(C=O)N1.CN. The third kappa shape index (κ3) is 6.31. The summed E-state index contributed by atoms with van der Waals surface area (Å²) in [5.74, 6) is 0.